The summed E-state index contributed by atoms with van der Waals surface area (Å²) < 4.78 is 19.0. The number of anilines is 1. The van der Waals surface area contributed by atoms with Gasteiger partial charge in [-0.1, -0.05) is 12.1 Å². The summed E-state index contributed by atoms with van der Waals surface area (Å²) in [6.07, 6.45) is 4.11. The molecule has 3 aromatic rings. The third kappa shape index (κ3) is 3.13. The van der Waals surface area contributed by atoms with Crippen LogP contribution in [-0.2, 0) is 4.79 Å². The lowest BCUT2D eigenvalue weighted by molar-refractivity contribution is -0.117. The highest BCUT2D eigenvalue weighted by Gasteiger charge is 2.39. The van der Waals surface area contributed by atoms with Gasteiger partial charge in [0.05, 0.1) is 11.3 Å². The lowest BCUT2D eigenvalue weighted by atomic mass is 10.1. The minimum absolute atomic E-state index is 0.00738. The van der Waals surface area contributed by atoms with Crippen molar-refractivity contribution in [3.63, 3.8) is 0 Å². The van der Waals surface area contributed by atoms with E-state index in [1.807, 2.05) is 6.92 Å². The number of carbonyl (C=O) groups excluding carboxylic acids is 1. The molecule has 0 bridgehead atoms. The second kappa shape index (κ2) is 6.08. The number of aromatic nitrogens is 3. The van der Waals surface area contributed by atoms with Crippen LogP contribution in [0.4, 0.5) is 10.1 Å². The van der Waals surface area contributed by atoms with Crippen molar-refractivity contribution in [2.75, 3.05) is 5.32 Å². The van der Waals surface area contributed by atoms with Crippen LogP contribution in [0.3, 0.4) is 0 Å². The summed E-state index contributed by atoms with van der Waals surface area (Å²) in [6.45, 7) is 2.02. The van der Waals surface area contributed by atoms with Gasteiger partial charge in [-0.2, -0.15) is 4.98 Å². The molecule has 0 radical (unpaired) electrons. The number of rotatable bonds is 4. The second-order valence-corrected chi connectivity index (χ2v) is 6.16. The molecule has 7 heteroatoms. The number of carbonyl (C=O) groups is 1. The van der Waals surface area contributed by atoms with Crippen molar-refractivity contribution < 1.29 is 13.7 Å². The Bertz CT molecular complexity index is 926. The standard InChI is InChI=1S/C18H15FN4O2/c1-10-8-13(10)17(24)21-15-3-2-12(19)9-14(15)18-22-16(23-25-18)11-4-6-20-7-5-11/h2-7,9-10,13H,8H2,1H3,(H,21,24). The fraction of sp³-hybridized carbons (Fsp3) is 0.222. The van der Waals surface area contributed by atoms with Crippen molar-refractivity contribution in [1.82, 2.24) is 15.1 Å². The molecule has 1 N–H and O–H groups in total. The van der Waals surface area contributed by atoms with E-state index in [9.17, 15) is 9.18 Å². The average molecular weight is 338 g/mol. The molecule has 126 valence electrons. The third-order valence-electron chi connectivity index (χ3n) is 4.28. The Morgan fingerprint density at radius 2 is 2.04 bits per heavy atom. The Hall–Kier alpha value is -3.09. The SMILES string of the molecule is CC1CC1C(=O)Nc1ccc(F)cc1-c1nc(-c2ccncc2)no1. The summed E-state index contributed by atoms with van der Waals surface area (Å²) >= 11 is 0. The predicted octanol–water partition coefficient (Wildman–Crippen LogP) is 3.53. The first-order chi connectivity index (χ1) is 12.1. The van der Waals surface area contributed by atoms with Crippen LogP contribution in [-0.4, -0.2) is 21.0 Å². The van der Waals surface area contributed by atoms with Gasteiger partial charge in [-0.3, -0.25) is 9.78 Å². The monoisotopic (exact) mass is 338 g/mol. The number of pyridine rings is 1. The van der Waals surface area contributed by atoms with Crippen LogP contribution in [0.25, 0.3) is 22.8 Å². The van der Waals surface area contributed by atoms with Crippen molar-refractivity contribution in [3.05, 3.63) is 48.5 Å². The zero-order chi connectivity index (χ0) is 17.4. The minimum Gasteiger partial charge on any atom is -0.334 e. The maximum absolute atomic E-state index is 13.7. The molecule has 2 heterocycles. The van der Waals surface area contributed by atoms with Gasteiger partial charge in [-0.15, -0.1) is 0 Å². The Morgan fingerprint density at radius 3 is 2.76 bits per heavy atom. The quantitative estimate of drug-likeness (QED) is 0.787. The highest BCUT2D eigenvalue weighted by molar-refractivity contribution is 5.97. The van der Waals surface area contributed by atoms with E-state index in [0.29, 0.717) is 23.0 Å². The number of nitrogens with zero attached hydrogens (tertiary/aromatic N) is 3. The van der Waals surface area contributed by atoms with Crippen LogP contribution in [0.15, 0.2) is 47.2 Å². The topological polar surface area (TPSA) is 80.9 Å². The molecule has 6 nitrogen and oxygen atoms in total. The Kier molecular flexibility index (Phi) is 3.76. The highest BCUT2D eigenvalue weighted by Crippen LogP contribution is 2.39. The largest absolute Gasteiger partial charge is 0.334 e. The summed E-state index contributed by atoms with van der Waals surface area (Å²) in [5.41, 5.74) is 1.55. The van der Waals surface area contributed by atoms with Crippen molar-refractivity contribution in [1.29, 1.82) is 0 Å². The van der Waals surface area contributed by atoms with E-state index in [1.54, 1.807) is 24.5 Å². The summed E-state index contributed by atoms with van der Waals surface area (Å²) in [4.78, 5) is 20.5. The molecule has 1 aromatic carbocycles. The van der Waals surface area contributed by atoms with E-state index < -0.39 is 5.82 Å². The lowest BCUT2D eigenvalue weighted by Crippen LogP contribution is -2.15. The van der Waals surface area contributed by atoms with E-state index >= 15 is 0 Å². The van der Waals surface area contributed by atoms with E-state index in [1.165, 1.54) is 18.2 Å². The molecule has 2 unspecified atom stereocenters. The highest BCUT2D eigenvalue weighted by atomic mass is 19.1. The van der Waals surface area contributed by atoms with Gasteiger partial charge in [0.2, 0.25) is 11.7 Å². The average Bonchev–Trinajstić information content (AvgIpc) is 3.17. The Balaban J connectivity index is 1.66. The molecule has 1 saturated carbocycles. The molecule has 25 heavy (non-hydrogen) atoms. The van der Waals surface area contributed by atoms with E-state index in [0.717, 1.165) is 12.0 Å². The molecule has 0 aliphatic heterocycles. The molecule has 4 rings (SSSR count). The first-order valence-corrected chi connectivity index (χ1v) is 7.96. The van der Waals surface area contributed by atoms with Crippen LogP contribution < -0.4 is 5.32 Å². The van der Waals surface area contributed by atoms with E-state index in [4.69, 9.17) is 4.52 Å². The van der Waals surface area contributed by atoms with Crippen LogP contribution in [0.5, 0.6) is 0 Å². The molecule has 1 aliphatic carbocycles. The number of hydrogen-bond acceptors (Lipinski definition) is 5. The summed E-state index contributed by atoms with van der Waals surface area (Å²) in [7, 11) is 0. The first kappa shape index (κ1) is 15.4. The Morgan fingerprint density at radius 1 is 1.28 bits per heavy atom. The van der Waals surface area contributed by atoms with Crippen molar-refractivity contribution in [2.45, 2.75) is 13.3 Å². The Labute approximate surface area is 143 Å². The van der Waals surface area contributed by atoms with Gasteiger partial charge in [0.1, 0.15) is 5.82 Å². The molecular formula is C18H15FN4O2. The van der Waals surface area contributed by atoms with Gasteiger partial charge in [-0.25, -0.2) is 4.39 Å². The smallest absolute Gasteiger partial charge is 0.260 e. The summed E-state index contributed by atoms with van der Waals surface area (Å²) in [5, 5.41) is 6.76. The fourth-order valence-electron chi connectivity index (χ4n) is 2.67. The molecule has 1 fully saturated rings. The van der Waals surface area contributed by atoms with Gasteiger partial charge in [-0.05, 0) is 42.7 Å². The molecule has 1 aliphatic rings. The molecule has 2 aromatic heterocycles. The maximum atomic E-state index is 13.7. The van der Waals surface area contributed by atoms with Crippen molar-refractivity contribution >= 4 is 11.6 Å². The number of hydrogen-bond donors (Lipinski definition) is 1. The number of nitrogens with one attached hydrogen (secondary N) is 1. The van der Waals surface area contributed by atoms with E-state index in [-0.39, 0.29) is 17.7 Å². The molecule has 1 amide bonds. The third-order valence-corrected chi connectivity index (χ3v) is 4.28. The molecular weight excluding hydrogens is 323 g/mol. The first-order valence-electron chi connectivity index (χ1n) is 7.96. The summed E-state index contributed by atoms with van der Waals surface area (Å²) in [6, 6.07) is 7.56. The second-order valence-electron chi connectivity index (χ2n) is 6.16. The normalized spacial score (nSPS) is 18.8. The predicted molar refractivity (Wildman–Crippen MR) is 88.8 cm³/mol. The number of benzene rings is 1. The molecule has 0 saturated heterocycles. The number of amides is 1. The molecule has 2 atom stereocenters. The number of halogens is 1. The maximum Gasteiger partial charge on any atom is 0.260 e. The van der Waals surface area contributed by atoms with Gasteiger partial charge in [0.15, 0.2) is 0 Å². The van der Waals surface area contributed by atoms with Crippen LogP contribution in [0.1, 0.15) is 13.3 Å². The van der Waals surface area contributed by atoms with Crippen molar-refractivity contribution in [3.8, 4) is 22.8 Å². The lowest BCUT2D eigenvalue weighted by Gasteiger charge is -2.08. The van der Waals surface area contributed by atoms with Crippen LogP contribution >= 0.6 is 0 Å². The van der Waals surface area contributed by atoms with Gasteiger partial charge < -0.3 is 9.84 Å². The molecule has 0 spiro atoms. The van der Waals surface area contributed by atoms with Gasteiger partial charge in [0.25, 0.3) is 5.89 Å². The fourth-order valence-corrected chi connectivity index (χ4v) is 2.67. The van der Waals surface area contributed by atoms with Gasteiger partial charge >= 0.3 is 0 Å². The zero-order valence-electron chi connectivity index (χ0n) is 13.4. The zero-order valence-corrected chi connectivity index (χ0v) is 13.4. The summed E-state index contributed by atoms with van der Waals surface area (Å²) in [5.74, 6) is 0.379. The van der Waals surface area contributed by atoms with E-state index in [2.05, 4.69) is 20.4 Å². The van der Waals surface area contributed by atoms with Crippen molar-refractivity contribution in [2.24, 2.45) is 11.8 Å². The van der Waals surface area contributed by atoms with Gasteiger partial charge in [0, 0.05) is 23.9 Å². The van der Waals surface area contributed by atoms with Crippen LogP contribution in [0.2, 0.25) is 0 Å². The minimum atomic E-state index is -0.448. The van der Waals surface area contributed by atoms with Crippen LogP contribution in [0, 0.1) is 17.7 Å².